The summed E-state index contributed by atoms with van der Waals surface area (Å²) in [5, 5.41) is 7.28. The molecule has 3 fully saturated rings. The van der Waals surface area contributed by atoms with Crippen molar-refractivity contribution in [3.8, 4) is 28.7 Å². The van der Waals surface area contributed by atoms with E-state index in [0.29, 0.717) is 59.9 Å². The van der Waals surface area contributed by atoms with E-state index in [2.05, 4.69) is 38.6 Å². The molecular formula is C46H50Cl2FN9O5. The Labute approximate surface area is 376 Å². The minimum absolute atomic E-state index is 0.0248. The second-order valence-corrected chi connectivity index (χ2v) is 17.1. The smallest absolute Gasteiger partial charge is 0.274 e. The molecule has 63 heavy (non-hydrogen) atoms. The number of benzene rings is 2. The highest BCUT2D eigenvalue weighted by Crippen LogP contribution is 2.36. The number of pyridine rings is 1. The van der Waals surface area contributed by atoms with Gasteiger partial charge in [0.15, 0.2) is 11.6 Å². The Morgan fingerprint density at radius 3 is 2.48 bits per heavy atom. The van der Waals surface area contributed by atoms with Crippen molar-refractivity contribution >= 4 is 52.6 Å². The lowest BCUT2D eigenvalue weighted by atomic mass is 10.0. The Bertz CT molecular complexity index is 2420. The molecule has 6 heterocycles. The van der Waals surface area contributed by atoms with Crippen LogP contribution in [0.4, 0.5) is 10.2 Å². The van der Waals surface area contributed by atoms with Crippen LogP contribution in [0.25, 0.3) is 11.1 Å². The van der Waals surface area contributed by atoms with Crippen molar-refractivity contribution in [3.05, 3.63) is 93.6 Å². The van der Waals surface area contributed by atoms with E-state index in [1.807, 2.05) is 34.0 Å². The quantitative estimate of drug-likeness (QED) is 0.0990. The largest absolute Gasteiger partial charge is 0.489 e. The summed E-state index contributed by atoms with van der Waals surface area (Å²) in [7, 11) is 0. The predicted octanol–water partition coefficient (Wildman–Crippen LogP) is 6.20. The highest BCUT2D eigenvalue weighted by molar-refractivity contribution is 6.36. The van der Waals surface area contributed by atoms with Crippen LogP contribution < -0.4 is 10.5 Å². The van der Waals surface area contributed by atoms with E-state index >= 15 is 0 Å². The molecule has 330 valence electrons. The molecule has 2 aromatic heterocycles. The van der Waals surface area contributed by atoms with E-state index < -0.39 is 11.9 Å². The van der Waals surface area contributed by atoms with Gasteiger partial charge in [-0.15, -0.1) is 0 Å². The van der Waals surface area contributed by atoms with Crippen molar-refractivity contribution in [1.82, 2.24) is 39.5 Å². The number of aromatic nitrogens is 3. The minimum Gasteiger partial charge on any atom is -0.489 e. The fourth-order valence-electron chi connectivity index (χ4n) is 8.88. The molecule has 0 aliphatic carbocycles. The van der Waals surface area contributed by atoms with Gasteiger partial charge in [-0.3, -0.25) is 33.7 Å². The maximum Gasteiger partial charge on any atom is 0.274 e. The van der Waals surface area contributed by atoms with Crippen LogP contribution in [-0.4, -0.2) is 122 Å². The van der Waals surface area contributed by atoms with E-state index in [4.69, 9.17) is 33.7 Å². The average Bonchev–Trinajstić information content (AvgIpc) is 3.89. The average molecular weight is 899 g/mol. The first-order chi connectivity index (χ1) is 30.5. The number of nitrogen functional groups attached to an aromatic ring is 1. The summed E-state index contributed by atoms with van der Waals surface area (Å²) in [4.78, 5) is 63.5. The number of fused-ring (bicyclic) bond motifs is 1. The molecule has 3 saturated heterocycles. The maximum absolute atomic E-state index is 14.0. The number of carbonyl (C=O) groups excluding carboxylic acids is 4. The number of carbonyl (C=O) groups is 4. The van der Waals surface area contributed by atoms with E-state index in [1.165, 1.54) is 17.1 Å². The van der Waals surface area contributed by atoms with E-state index in [1.54, 1.807) is 24.5 Å². The number of halogens is 3. The van der Waals surface area contributed by atoms with Crippen LogP contribution >= 0.6 is 23.2 Å². The molecule has 0 saturated carbocycles. The number of hydrogen-bond donors (Lipinski definition) is 1. The molecule has 2 atom stereocenters. The van der Waals surface area contributed by atoms with Gasteiger partial charge in [-0.2, -0.15) is 10.1 Å². The highest BCUT2D eigenvalue weighted by atomic mass is 35.5. The summed E-state index contributed by atoms with van der Waals surface area (Å²) >= 11 is 12.3. The normalized spacial score (nSPS) is 19.3. The lowest BCUT2D eigenvalue weighted by molar-refractivity contribution is -0.164. The molecule has 2 aromatic carbocycles. The summed E-state index contributed by atoms with van der Waals surface area (Å²) < 4.78 is 21.9. The number of piperazine rings is 1. The van der Waals surface area contributed by atoms with Crippen LogP contribution in [0.15, 0.2) is 61.1 Å². The van der Waals surface area contributed by atoms with Crippen LogP contribution in [0, 0.1) is 17.7 Å². The number of anilines is 1. The second kappa shape index (κ2) is 19.5. The summed E-state index contributed by atoms with van der Waals surface area (Å²) in [5.41, 5.74) is 9.39. The van der Waals surface area contributed by atoms with Crippen LogP contribution in [0.5, 0.6) is 5.75 Å². The van der Waals surface area contributed by atoms with Crippen molar-refractivity contribution in [3.63, 3.8) is 0 Å². The number of hydrazine groups is 1. The summed E-state index contributed by atoms with van der Waals surface area (Å²) in [5.74, 6) is 5.64. The number of amides is 4. The first-order valence-electron chi connectivity index (χ1n) is 21.6. The van der Waals surface area contributed by atoms with Gasteiger partial charge < -0.3 is 15.4 Å². The molecule has 4 aromatic rings. The van der Waals surface area contributed by atoms with Crippen LogP contribution in [0.3, 0.4) is 0 Å². The predicted molar refractivity (Wildman–Crippen MR) is 236 cm³/mol. The lowest BCUT2D eigenvalue weighted by Crippen LogP contribution is -2.54. The Morgan fingerprint density at radius 2 is 1.73 bits per heavy atom. The fraction of sp³-hybridized carbons (Fsp3) is 0.435. The van der Waals surface area contributed by atoms with Crippen molar-refractivity contribution in [2.45, 2.75) is 76.4 Å². The highest BCUT2D eigenvalue weighted by Gasteiger charge is 2.44. The van der Waals surface area contributed by atoms with Gasteiger partial charge in [0.2, 0.25) is 17.7 Å². The molecule has 0 spiro atoms. The molecule has 17 heteroatoms. The van der Waals surface area contributed by atoms with Crippen molar-refractivity contribution in [2.24, 2.45) is 0 Å². The zero-order valence-electron chi connectivity index (χ0n) is 35.1. The van der Waals surface area contributed by atoms with E-state index in [9.17, 15) is 23.6 Å². The zero-order chi connectivity index (χ0) is 44.2. The number of ether oxygens (including phenoxy) is 1. The Kier molecular flexibility index (Phi) is 13.6. The third-order valence-corrected chi connectivity index (χ3v) is 13.3. The number of rotatable bonds is 12. The van der Waals surface area contributed by atoms with Crippen molar-refractivity contribution in [2.75, 3.05) is 58.2 Å². The summed E-state index contributed by atoms with van der Waals surface area (Å²) in [6.45, 7) is 6.95. The van der Waals surface area contributed by atoms with Gasteiger partial charge in [-0.05, 0) is 55.5 Å². The van der Waals surface area contributed by atoms with Crippen LogP contribution in [-0.2, 0) is 20.8 Å². The molecule has 4 aliphatic rings. The van der Waals surface area contributed by atoms with E-state index in [0.717, 1.165) is 61.6 Å². The number of likely N-dealkylation sites (tertiary alicyclic amines) is 1. The first-order valence-corrected chi connectivity index (χ1v) is 22.3. The third-order valence-electron chi connectivity index (χ3n) is 12.5. The third kappa shape index (κ3) is 9.55. The molecule has 0 bridgehead atoms. The SMILES string of the molecule is CC[C@H](CC#C[C@@H]1c2ccccc2C(=O)N1N1C(=O)CCCC1=O)N1CCN(C(=O)CN2CCC(n3cc(-c4cnc(N)c(OCCc5c(Cl)ccc(F)c5Cl)c4)cn3)CC2)CC1. The van der Waals surface area contributed by atoms with Gasteiger partial charge in [0.05, 0.1) is 30.4 Å². The van der Waals surface area contributed by atoms with Gasteiger partial charge in [0.25, 0.3) is 5.91 Å². The van der Waals surface area contributed by atoms with Crippen molar-refractivity contribution in [1.29, 1.82) is 0 Å². The van der Waals surface area contributed by atoms with Gasteiger partial charge in [-0.1, -0.05) is 60.2 Å². The number of imide groups is 1. The maximum atomic E-state index is 14.0. The van der Waals surface area contributed by atoms with Gasteiger partial charge in [0.1, 0.15) is 11.9 Å². The molecule has 14 nitrogen and oxygen atoms in total. The lowest BCUT2D eigenvalue weighted by Gasteiger charge is -2.40. The molecular weight excluding hydrogens is 848 g/mol. The first kappa shape index (κ1) is 44.1. The van der Waals surface area contributed by atoms with Gasteiger partial charge >= 0.3 is 0 Å². The van der Waals surface area contributed by atoms with E-state index in [-0.39, 0.29) is 72.4 Å². The number of hydrogen-bond acceptors (Lipinski definition) is 10. The number of nitrogens with two attached hydrogens (primary N) is 1. The molecule has 4 aliphatic heterocycles. The van der Waals surface area contributed by atoms with Gasteiger partial charge in [0, 0.05) is 111 Å². The topological polar surface area (TPSA) is 150 Å². The molecule has 0 unspecified atom stereocenters. The zero-order valence-corrected chi connectivity index (χ0v) is 36.7. The molecule has 4 amide bonds. The van der Waals surface area contributed by atoms with Crippen LogP contribution in [0.2, 0.25) is 10.0 Å². The fourth-order valence-corrected chi connectivity index (χ4v) is 9.44. The Morgan fingerprint density at radius 1 is 0.984 bits per heavy atom. The van der Waals surface area contributed by atoms with Crippen LogP contribution in [0.1, 0.15) is 85.4 Å². The standard InChI is InChI=1S/C46H50Cl2FN9O5/c1-2-32(7-5-10-39-34-8-3-4-9-35(34)46(62)57(39)58-41(59)11-6-12-42(58)60)54-20-22-55(23-21-54)43(61)29-53-18-15-33(16-19-53)56-28-31(27-52-56)30-25-40(45(50)51-26-30)63-24-17-36-37(47)13-14-38(49)44(36)48/h3-4,8-9,13-14,25-28,32-33,39H,2,6-7,11-12,15-24,29H2,1H3,(H2,50,51)/t32-,39-/m1/s1. The van der Waals surface area contributed by atoms with Gasteiger partial charge in [-0.25, -0.2) is 14.4 Å². The minimum atomic E-state index is -0.718. The second-order valence-electron chi connectivity index (χ2n) is 16.3. The molecule has 8 rings (SSSR count). The summed E-state index contributed by atoms with van der Waals surface area (Å²) in [6, 6.07) is 11.3. The molecule has 2 N–H and O–H groups in total. The summed E-state index contributed by atoms with van der Waals surface area (Å²) in [6.07, 6.45) is 9.77. The number of nitrogens with zero attached hydrogens (tertiary/aromatic N) is 8. The Hall–Kier alpha value is -5.53. The molecule has 0 radical (unpaired) electrons. The Balaban J connectivity index is 0.798. The number of piperidine rings is 2. The monoisotopic (exact) mass is 897 g/mol. The van der Waals surface area contributed by atoms with Crippen molar-refractivity contribution < 1.29 is 28.3 Å².